The molecule has 0 N–H and O–H groups in total. The van der Waals surface area contributed by atoms with Gasteiger partial charge in [0.15, 0.2) is 0 Å². The minimum Gasteiger partial charge on any atom is -0.469 e. The van der Waals surface area contributed by atoms with Crippen molar-refractivity contribution in [1.82, 2.24) is 4.90 Å². The Labute approximate surface area is 108 Å². The molecule has 0 atom stereocenters. The van der Waals surface area contributed by atoms with Crippen molar-refractivity contribution in [1.29, 1.82) is 0 Å². The van der Waals surface area contributed by atoms with Crippen molar-refractivity contribution in [2.24, 2.45) is 0 Å². The Kier molecular flexibility index (Phi) is 6.72. The summed E-state index contributed by atoms with van der Waals surface area (Å²) in [7, 11) is 2.80. The lowest BCUT2D eigenvalue weighted by molar-refractivity contribution is -0.141. The lowest BCUT2D eigenvalue weighted by Crippen LogP contribution is -2.37. The molecule has 0 amide bonds. The fourth-order valence-electron chi connectivity index (χ4n) is 2.42. The lowest BCUT2D eigenvalue weighted by Gasteiger charge is -2.27. The van der Waals surface area contributed by atoms with Gasteiger partial charge in [0, 0.05) is 19.1 Å². The molecule has 18 heavy (non-hydrogen) atoms. The molecule has 5 nitrogen and oxygen atoms in total. The molecular formula is C13H23NO4. The van der Waals surface area contributed by atoms with Crippen molar-refractivity contribution < 1.29 is 19.1 Å². The van der Waals surface area contributed by atoms with Crippen LogP contribution in [0, 0.1) is 0 Å². The van der Waals surface area contributed by atoms with Gasteiger partial charge in [-0.15, -0.1) is 0 Å². The Balaban J connectivity index is 2.40. The summed E-state index contributed by atoms with van der Waals surface area (Å²) in [6, 6.07) is 0.499. The van der Waals surface area contributed by atoms with E-state index >= 15 is 0 Å². The normalized spacial score (nSPS) is 15.9. The van der Waals surface area contributed by atoms with Gasteiger partial charge in [-0.3, -0.25) is 14.5 Å². The maximum absolute atomic E-state index is 11.2. The van der Waals surface area contributed by atoms with Gasteiger partial charge in [0.05, 0.1) is 27.1 Å². The van der Waals surface area contributed by atoms with E-state index < -0.39 is 0 Å². The highest BCUT2D eigenvalue weighted by molar-refractivity contribution is 5.70. The molecule has 1 saturated carbocycles. The topological polar surface area (TPSA) is 55.8 Å². The fourth-order valence-corrected chi connectivity index (χ4v) is 2.42. The van der Waals surface area contributed by atoms with Gasteiger partial charge in [-0.05, 0) is 12.8 Å². The van der Waals surface area contributed by atoms with E-state index in [0.29, 0.717) is 32.0 Å². The second-order valence-electron chi connectivity index (χ2n) is 4.63. The van der Waals surface area contributed by atoms with Gasteiger partial charge in [0.25, 0.3) is 0 Å². The standard InChI is InChI=1S/C13H23NO4/c1-17-12(15)7-9-14(10-8-13(16)18-2)11-5-3-4-6-11/h11H,3-10H2,1-2H3. The Morgan fingerprint density at radius 2 is 1.44 bits per heavy atom. The first-order chi connectivity index (χ1) is 8.67. The second kappa shape index (κ2) is 8.08. The number of carbonyl (C=O) groups excluding carboxylic acids is 2. The minimum absolute atomic E-state index is 0.198. The molecule has 0 aromatic carbocycles. The van der Waals surface area contributed by atoms with Crippen LogP contribution in [0.2, 0.25) is 0 Å². The first-order valence-electron chi connectivity index (χ1n) is 6.55. The van der Waals surface area contributed by atoms with Crippen LogP contribution in [0.3, 0.4) is 0 Å². The van der Waals surface area contributed by atoms with Gasteiger partial charge in [0.1, 0.15) is 0 Å². The molecule has 0 heterocycles. The third-order valence-electron chi connectivity index (χ3n) is 3.50. The number of nitrogens with zero attached hydrogens (tertiary/aromatic N) is 1. The van der Waals surface area contributed by atoms with Crippen LogP contribution >= 0.6 is 0 Å². The maximum Gasteiger partial charge on any atom is 0.306 e. The van der Waals surface area contributed by atoms with Crippen molar-refractivity contribution in [3.63, 3.8) is 0 Å². The van der Waals surface area contributed by atoms with Crippen molar-refractivity contribution in [3.05, 3.63) is 0 Å². The summed E-state index contributed by atoms with van der Waals surface area (Å²) < 4.78 is 9.31. The molecule has 1 fully saturated rings. The monoisotopic (exact) mass is 257 g/mol. The highest BCUT2D eigenvalue weighted by Crippen LogP contribution is 2.23. The molecule has 0 radical (unpaired) electrons. The predicted molar refractivity (Wildman–Crippen MR) is 67.1 cm³/mol. The molecule has 0 bridgehead atoms. The molecule has 0 aromatic rings. The molecule has 0 saturated heterocycles. The summed E-state index contributed by atoms with van der Waals surface area (Å²) in [5.74, 6) is -0.396. The summed E-state index contributed by atoms with van der Waals surface area (Å²) in [5.41, 5.74) is 0. The molecule has 0 aromatic heterocycles. The number of methoxy groups -OCH3 is 2. The first kappa shape index (κ1) is 15.0. The Hall–Kier alpha value is -1.10. The minimum atomic E-state index is -0.198. The summed E-state index contributed by atoms with van der Waals surface area (Å²) in [6.45, 7) is 1.32. The van der Waals surface area contributed by atoms with E-state index in [1.165, 1.54) is 27.1 Å². The fraction of sp³-hybridized carbons (Fsp3) is 0.846. The largest absolute Gasteiger partial charge is 0.469 e. The molecule has 0 spiro atoms. The molecule has 0 aliphatic heterocycles. The zero-order chi connectivity index (χ0) is 13.4. The van der Waals surface area contributed by atoms with E-state index in [2.05, 4.69) is 14.4 Å². The van der Waals surface area contributed by atoms with Gasteiger partial charge in [-0.2, -0.15) is 0 Å². The van der Waals surface area contributed by atoms with E-state index in [1.807, 2.05) is 0 Å². The number of esters is 2. The summed E-state index contributed by atoms with van der Waals surface area (Å²) >= 11 is 0. The molecule has 1 aliphatic rings. The molecule has 5 heteroatoms. The van der Waals surface area contributed by atoms with E-state index in [1.54, 1.807) is 0 Å². The molecule has 1 aliphatic carbocycles. The smallest absolute Gasteiger partial charge is 0.306 e. The Morgan fingerprint density at radius 1 is 1.00 bits per heavy atom. The molecule has 104 valence electrons. The van der Waals surface area contributed by atoms with Crippen LogP contribution in [0.1, 0.15) is 38.5 Å². The average molecular weight is 257 g/mol. The van der Waals surface area contributed by atoms with Gasteiger partial charge >= 0.3 is 11.9 Å². The third kappa shape index (κ3) is 5.04. The van der Waals surface area contributed by atoms with Crippen LogP contribution in [0.4, 0.5) is 0 Å². The number of hydrogen-bond acceptors (Lipinski definition) is 5. The zero-order valence-corrected chi connectivity index (χ0v) is 11.3. The van der Waals surface area contributed by atoms with Crippen LogP contribution in [-0.4, -0.2) is 50.2 Å². The quantitative estimate of drug-likeness (QED) is 0.644. The maximum atomic E-state index is 11.2. The van der Waals surface area contributed by atoms with Crippen molar-refractivity contribution in [2.45, 2.75) is 44.6 Å². The van der Waals surface area contributed by atoms with Gasteiger partial charge in [0.2, 0.25) is 0 Å². The Morgan fingerprint density at radius 3 is 1.83 bits per heavy atom. The lowest BCUT2D eigenvalue weighted by atomic mass is 10.2. The summed E-state index contributed by atoms with van der Waals surface area (Å²) in [6.07, 6.45) is 5.54. The third-order valence-corrected chi connectivity index (χ3v) is 3.50. The number of hydrogen-bond donors (Lipinski definition) is 0. The van der Waals surface area contributed by atoms with Crippen LogP contribution in [0.5, 0.6) is 0 Å². The molecule has 0 unspecified atom stereocenters. The average Bonchev–Trinajstić information content (AvgIpc) is 2.91. The van der Waals surface area contributed by atoms with E-state index in [0.717, 1.165) is 12.8 Å². The first-order valence-corrected chi connectivity index (χ1v) is 6.55. The highest BCUT2D eigenvalue weighted by atomic mass is 16.5. The number of rotatable bonds is 7. The summed E-state index contributed by atoms with van der Waals surface area (Å²) in [4.78, 5) is 24.6. The number of ether oxygens (including phenoxy) is 2. The van der Waals surface area contributed by atoms with Crippen LogP contribution in [0.15, 0.2) is 0 Å². The van der Waals surface area contributed by atoms with Gasteiger partial charge in [-0.1, -0.05) is 12.8 Å². The Bertz CT molecular complexity index is 254. The van der Waals surface area contributed by atoms with Crippen molar-refractivity contribution in [2.75, 3.05) is 27.3 Å². The van der Waals surface area contributed by atoms with Gasteiger partial charge in [-0.25, -0.2) is 0 Å². The second-order valence-corrected chi connectivity index (χ2v) is 4.63. The number of carbonyl (C=O) groups is 2. The van der Waals surface area contributed by atoms with Crippen molar-refractivity contribution >= 4 is 11.9 Å². The van der Waals surface area contributed by atoms with E-state index in [-0.39, 0.29) is 11.9 Å². The van der Waals surface area contributed by atoms with E-state index in [9.17, 15) is 9.59 Å². The van der Waals surface area contributed by atoms with Gasteiger partial charge < -0.3 is 9.47 Å². The van der Waals surface area contributed by atoms with Crippen LogP contribution in [0.25, 0.3) is 0 Å². The molecular weight excluding hydrogens is 234 g/mol. The highest BCUT2D eigenvalue weighted by Gasteiger charge is 2.23. The predicted octanol–water partition coefficient (Wildman–Crippen LogP) is 1.36. The van der Waals surface area contributed by atoms with E-state index in [4.69, 9.17) is 0 Å². The van der Waals surface area contributed by atoms with Crippen LogP contribution < -0.4 is 0 Å². The van der Waals surface area contributed by atoms with Crippen molar-refractivity contribution in [3.8, 4) is 0 Å². The molecule has 1 rings (SSSR count). The summed E-state index contributed by atoms with van der Waals surface area (Å²) in [5, 5.41) is 0. The SMILES string of the molecule is COC(=O)CCN(CCC(=O)OC)C1CCCC1. The van der Waals surface area contributed by atoms with Crippen LogP contribution in [-0.2, 0) is 19.1 Å². The zero-order valence-electron chi connectivity index (χ0n) is 11.3.